The molecule has 0 atom stereocenters. The van der Waals surface area contributed by atoms with Crippen LogP contribution in [0.15, 0.2) is 12.7 Å². The second-order valence-electron chi connectivity index (χ2n) is 9.50. The largest absolute Gasteiger partial charge is 0.483 e. The van der Waals surface area contributed by atoms with Gasteiger partial charge in [-0.05, 0) is 18.6 Å². The minimum atomic E-state index is 0.554. The van der Waals surface area contributed by atoms with E-state index >= 15 is 0 Å². The van der Waals surface area contributed by atoms with E-state index in [4.69, 9.17) is 17.0 Å². The summed E-state index contributed by atoms with van der Waals surface area (Å²) in [6, 6.07) is 0. The summed E-state index contributed by atoms with van der Waals surface area (Å²) >= 11 is 5.18. The first-order chi connectivity index (χ1) is 15.3. The van der Waals surface area contributed by atoms with Gasteiger partial charge in [-0.2, -0.15) is 0 Å². The third-order valence-corrected chi connectivity index (χ3v) is 6.67. The summed E-state index contributed by atoms with van der Waals surface area (Å²) in [5.74, 6) is 0. The van der Waals surface area contributed by atoms with E-state index in [1.54, 1.807) is 6.08 Å². The molecule has 2 heteroatoms. The normalized spacial score (nSPS) is 11.0. The van der Waals surface area contributed by atoms with E-state index in [2.05, 4.69) is 13.5 Å². The summed E-state index contributed by atoms with van der Waals surface area (Å²) < 4.78 is 5.35. The van der Waals surface area contributed by atoms with Crippen LogP contribution in [-0.2, 0) is 4.74 Å². The molecule has 0 aliphatic heterocycles. The third kappa shape index (κ3) is 27.6. The fraction of sp³-hybridized carbons (Fsp3) is 0.897. The second kappa shape index (κ2) is 27.7. The smallest absolute Gasteiger partial charge is 0.160 e. The quantitative estimate of drug-likeness (QED) is 0.0733. The summed E-state index contributed by atoms with van der Waals surface area (Å²) in [6.45, 7) is 6.49. The highest BCUT2D eigenvalue weighted by Gasteiger charge is 1.98. The monoisotopic (exact) mass is 452 g/mol. The van der Waals surface area contributed by atoms with E-state index in [0.717, 1.165) is 11.5 Å². The second-order valence-corrected chi connectivity index (χ2v) is 9.96. The molecule has 0 aliphatic carbocycles. The van der Waals surface area contributed by atoms with Gasteiger partial charge in [0.05, 0.1) is 0 Å². The molecule has 0 heterocycles. The molecule has 0 spiro atoms. The van der Waals surface area contributed by atoms with Crippen molar-refractivity contribution < 1.29 is 4.74 Å². The molecule has 0 bridgehead atoms. The van der Waals surface area contributed by atoms with Crippen molar-refractivity contribution in [3.8, 4) is 0 Å². The average Bonchev–Trinajstić information content (AvgIpc) is 2.78. The Hall–Kier alpha value is -0.370. The van der Waals surface area contributed by atoms with Gasteiger partial charge < -0.3 is 4.74 Å². The van der Waals surface area contributed by atoms with Crippen LogP contribution >= 0.6 is 12.2 Å². The predicted octanol–water partition coefficient (Wildman–Crippen LogP) is 10.9. The van der Waals surface area contributed by atoms with Gasteiger partial charge in [-0.15, -0.1) is 0 Å². The number of ether oxygens (including phenoxy) is 1. The molecule has 1 nitrogen and oxygen atoms in total. The van der Waals surface area contributed by atoms with Crippen molar-refractivity contribution in [2.24, 2.45) is 0 Å². The molecule has 0 aliphatic rings. The maximum Gasteiger partial charge on any atom is 0.160 e. The average molecular weight is 453 g/mol. The lowest BCUT2D eigenvalue weighted by Gasteiger charge is -2.05. The molecule has 0 rings (SSSR count). The zero-order valence-corrected chi connectivity index (χ0v) is 22.1. The van der Waals surface area contributed by atoms with Gasteiger partial charge in [0, 0.05) is 6.42 Å². The summed E-state index contributed by atoms with van der Waals surface area (Å²) in [4.78, 5) is 0. The van der Waals surface area contributed by atoms with Gasteiger partial charge in [0.1, 0.15) is 6.61 Å². The van der Waals surface area contributed by atoms with Crippen molar-refractivity contribution in [3.63, 3.8) is 0 Å². The van der Waals surface area contributed by atoms with Crippen molar-refractivity contribution >= 4 is 17.3 Å². The molecule has 184 valence electrons. The summed E-state index contributed by atoms with van der Waals surface area (Å²) in [5.41, 5.74) is 0. The van der Waals surface area contributed by atoms with E-state index in [1.807, 2.05) is 0 Å². The van der Waals surface area contributed by atoms with E-state index < -0.39 is 0 Å². The Morgan fingerprint density at radius 2 is 0.839 bits per heavy atom. The van der Waals surface area contributed by atoms with E-state index in [9.17, 15) is 0 Å². The van der Waals surface area contributed by atoms with Crippen LogP contribution < -0.4 is 0 Å². The Labute approximate surface area is 202 Å². The molecular weight excluding hydrogens is 396 g/mol. The SMILES string of the molecule is C=CCOC(=S)CCCCCCCCCCCCCCCCCCCCCCCCC. The molecule has 0 aromatic carbocycles. The lowest BCUT2D eigenvalue weighted by molar-refractivity contribution is 0.348. The minimum Gasteiger partial charge on any atom is -0.483 e. The molecule has 0 aromatic heterocycles. The van der Waals surface area contributed by atoms with Crippen molar-refractivity contribution in [2.75, 3.05) is 6.61 Å². The van der Waals surface area contributed by atoms with Crippen LogP contribution in [0, 0.1) is 0 Å². The van der Waals surface area contributed by atoms with Crippen LogP contribution in [0.3, 0.4) is 0 Å². The van der Waals surface area contributed by atoms with Gasteiger partial charge in [-0.3, -0.25) is 0 Å². The summed E-state index contributed by atoms with van der Waals surface area (Å²) in [7, 11) is 0. The Kier molecular flexibility index (Phi) is 27.3. The highest BCUT2D eigenvalue weighted by atomic mass is 32.1. The Morgan fingerprint density at radius 3 is 1.13 bits per heavy atom. The zero-order valence-electron chi connectivity index (χ0n) is 21.3. The molecule has 0 radical (unpaired) electrons. The minimum absolute atomic E-state index is 0.554. The molecule has 31 heavy (non-hydrogen) atoms. The van der Waals surface area contributed by atoms with Gasteiger partial charge >= 0.3 is 0 Å². The standard InChI is InChI=1S/C29H56OS/c1-3-5-6-7-8-9-10-11-12-13-14-15-16-17-18-19-20-21-22-23-24-25-26-27-29(31)30-28-4-2/h4H,2-3,5-28H2,1H3. The van der Waals surface area contributed by atoms with Crippen molar-refractivity contribution in [3.05, 3.63) is 12.7 Å². The maximum absolute atomic E-state index is 5.35. The van der Waals surface area contributed by atoms with E-state index in [1.165, 1.54) is 148 Å². The van der Waals surface area contributed by atoms with Gasteiger partial charge in [0.2, 0.25) is 0 Å². The highest BCUT2D eigenvalue weighted by Crippen LogP contribution is 2.15. The molecule has 0 N–H and O–H groups in total. The number of rotatable bonds is 26. The Balaban J connectivity index is 3.05. The van der Waals surface area contributed by atoms with Crippen LogP contribution in [0.2, 0.25) is 0 Å². The maximum atomic E-state index is 5.35. The molecule has 0 saturated carbocycles. The van der Waals surface area contributed by atoms with Crippen molar-refractivity contribution in [2.45, 2.75) is 161 Å². The fourth-order valence-electron chi connectivity index (χ4n) is 4.28. The first-order valence-corrected chi connectivity index (χ1v) is 14.5. The number of unbranched alkanes of at least 4 members (excludes halogenated alkanes) is 22. The van der Waals surface area contributed by atoms with E-state index in [-0.39, 0.29) is 0 Å². The molecule has 0 fully saturated rings. The zero-order chi connectivity index (χ0) is 22.7. The number of thiocarbonyl (C=S) groups is 1. The van der Waals surface area contributed by atoms with Crippen LogP contribution in [0.25, 0.3) is 0 Å². The first-order valence-electron chi connectivity index (χ1n) is 14.1. The molecule has 0 saturated heterocycles. The molecular formula is C29H56OS. The van der Waals surface area contributed by atoms with Gasteiger partial charge in [-0.25, -0.2) is 0 Å². The molecule has 0 unspecified atom stereocenters. The fourth-order valence-corrected chi connectivity index (χ4v) is 4.49. The Morgan fingerprint density at radius 1 is 0.548 bits per heavy atom. The predicted molar refractivity (Wildman–Crippen MR) is 145 cm³/mol. The topological polar surface area (TPSA) is 9.23 Å². The van der Waals surface area contributed by atoms with E-state index in [0.29, 0.717) is 6.61 Å². The van der Waals surface area contributed by atoms with Crippen LogP contribution in [0.4, 0.5) is 0 Å². The van der Waals surface area contributed by atoms with Gasteiger partial charge in [-0.1, -0.05) is 161 Å². The molecule has 0 aromatic rings. The lowest BCUT2D eigenvalue weighted by Crippen LogP contribution is -2.01. The summed E-state index contributed by atoms with van der Waals surface area (Å²) in [5, 5.41) is 0.753. The van der Waals surface area contributed by atoms with Crippen molar-refractivity contribution in [1.82, 2.24) is 0 Å². The molecule has 0 amide bonds. The van der Waals surface area contributed by atoms with Gasteiger partial charge in [0.15, 0.2) is 5.05 Å². The number of hydrogen-bond donors (Lipinski definition) is 0. The van der Waals surface area contributed by atoms with Crippen LogP contribution in [0.5, 0.6) is 0 Å². The van der Waals surface area contributed by atoms with Gasteiger partial charge in [0.25, 0.3) is 0 Å². The summed E-state index contributed by atoms with van der Waals surface area (Å²) in [6.07, 6.45) is 35.5. The first kappa shape index (κ1) is 30.6. The van der Waals surface area contributed by atoms with Crippen molar-refractivity contribution in [1.29, 1.82) is 0 Å². The Bertz CT molecular complexity index is 366. The third-order valence-electron chi connectivity index (χ3n) is 6.35. The van der Waals surface area contributed by atoms with Crippen LogP contribution in [-0.4, -0.2) is 11.7 Å². The lowest BCUT2D eigenvalue weighted by atomic mass is 10.0. The van der Waals surface area contributed by atoms with Crippen LogP contribution in [0.1, 0.15) is 161 Å². The number of hydrogen-bond acceptors (Lipinski definition) is 2. The highest BCUT2D eigenvalue weighted by molar-refractivity contribution is 7.80.